The Morgan fingerprint density at radius 3 is 1.21 bits per heavy atom. The molecule has 42 heavy (non-hydrogen) atoms. The van der Waals surface area contributed by atoms with Gasteiger partial charge < -0.3 is 0 Å². The molecule has 0 amide bonds. The van der Waals surface area contributed by atoms with Crippen LogP contribution in [-0.4, -0.2) is 0 Å². The van der Waals surface area contributed by atoms with Crippen LogP contribution < -0.4 is 0 Å². The Balaban J connectivity index is 1.39. The molecule has 4 bridgehead atoms. The zero-order valence-electron chi connectivity index (χ0n) is 23.3. The number of benzene rings is 6. The molecular weight excluding hydrogens is 504 g/mol. The third-order valence-electron chi connectivity index (χ3n) is 7.86. The molecule has 0 saturated heterocycles. The second-order valence-electron chi connectivity index (χ2n) is 10.6. The summed E-state index contributed by atoms with van der Waals surface area (Å²) in [5.41, 5.74) is 14.5. The summed E-state index contributed by atoms with van der Waals surface area (Å²) >= 11 is 0. The summed E-state index contributed by atoms with van der Waals surface area (Å²) in [5, 5.41) is 0. The lowest BCUT2D eigenvalue weighted by Gasteiger charge is -2.18. The van der Waals surface area contributed by atoms with Gasteiger partial charge in [0, 0.05) is 0 Å². The molecule has 0 N–H and O–H groups in total. The Morgan fingerprint density at radius 2 is 0.714 bits per heavy atom. The van der Waals surface area contributed by atoms with Gasteiger partial charge in [-0.3, -0.25) is 0 Å². The van der Waals surface area contributed by atoms with Gasteiger partial charge in [0.15, 0.2) is 0 Å². The molecule has 0 heterocycles. The summed E-state index contributed by atoms with van der Waals surface area (Å²) in [5.74, 6) is 0. The van der Waals surface area contributed by atoms with Gasteiger partial charge in [0.25, 0.3) is 0 Å². The molecule has 0 radical (unpaired) electrons. The van der Waals surface area contributed by atoms with Crippen LogP contribution in [0.15, 0.2) is 158 Å². The highest BCUT2D eigenvalue weighted by Gasteiger charge is 2.16. The maximum absolute atomic E-state index is 2.30. The maximum atomic E-state index is 2.30. The first-order chi connectivity index (χ1) is 20.8. The zero-order valence-corrected chi connectivity index (χ0v) is 23.3. The highest BCUT2D eigenvalue weighted by Crippen LogP contribution is 2.38. The third-order valence-corrected chi connectivity index (χ3v) is 7.86. The van der Waals surface area contributed by atoms with Crippen molar-refractivity contribution in [2.24, 2.45) is 0 Å². The Morgan fingerprint density at radius 1 is 0.310 bits per heavy atom. The first kappa shape index (κ1) is 25.5. The molecule has 198 valence electrons. The molecule has 10 rings (SSSR count). The van der Waals surface area contributed by atoms with Gasteiger partial charge in [0.2, 0.25) is 0 Å². The van der Waals surface area contributed by atoms with Crippen molar-refractivity contribution in [2.45, 2.75) is 0 Å². The van der Waals surface area contributed by atoms with E-state index in [0.29, 0.717) is 0 Å². The highest BCUT2D eigenvalue weighted by molar-refractivity contribution is 6.04. The summed E-state index contributed by atoms with van der Waals surface area (Å²) < 4.78 is 0. The largest absolute Gasteiger partial charge is 0.0622 e. The first-order valence-corrected chi connectivity index (χ1v) is 14.4. The molecule has 0 heteroatoms. The smallest absolute Gasteiger partial charge is 0.00268 e. The fraction of sp³-hybridized carbons (Fsp3) is 0. The molecule has 4 aliphatic rings. The van der Waals surface area contributed by atoms with Gasteiger partial charge in [0.1, 0.15) is 0 Å². The third kappa shape index (κ3) is 5.31. The van der Waals surface area contributed by atoms with Crippen molar-refractivity contribution >= 4 is 35.5 Å². The summed E-state index contributed by atoms with van der Waals surface area (Å²) in [6.07, 6.45) is 8.81. The fourth-order valence-corrected chi connectivity index (χ4v) is 5.71. The fourth-order valence-electron chi connectivity index (χ4n) is 5.71. The van der Waals surface area contributed by atoms with E-state index in [-0.39, 0.29) is 0 Å². The van der Waals surface area contributed by atoms with Crippen LogP contribution >= 0.6 is 0 Å². The molecular formula is C42H30. The molecule has 0 nitrogen and oxygen atoms in total. The van der Waals surface area contributed by atoms with Gasteiger partial charge in [0.05, 0.1) is 0 Å². The van der Waals surface area contributed by atoms with Crippen LogP contribution in [-0.2, 0) is 0 Å². The second-order valence-corrected chi connectivity index (χ2v) is 10.6. The van der Waals surface area contributed by atoms with E-state index in [1.807, 2.05) is 0 Å². The van der Waals surface area contributed by atoms with Crippen LogP contribution in [0, 0.1) is 0 Å². The minimum absolute atomic E-state index is 1.19. The Labute approximate surface area is 248 Å². The second kappa shape index (κ2) is 11.6. The van der Waals surface area contributed by atoms with E-state index < -0.39 is 0 Å². The van der Waals surface area contributed by atoms with Crippen LogP contribution in [0.4, 0.5) is 0 Å². The van der Waals surface area contributed by atoms with Gasteiger partial charge in [-0.15, -0.1) is 0 Å². The number of hydrogen-bond donors (Lipinski definition) is 0. The van der Waals surface area contributed by atoms with Crippen molar-refractivity contribution in [2.75, 3.05) is 0 Å². The quantitative estimate of drug-likeness (QED) is 0.193. The van der Waals surface area contributed by atoms with E-state index in [4.69, 9.17) is 0 Å². The van der Waals surface area contributed by atoms with Gasteiger partial charge in [-0.1, -0.05) is 176 Å². The lowest BCUT2D eigenvalue weighted by atomic mass is 9.85. The van der Waals surface area contributed by atoms with Gasteiger partial charge in [-0.25, -0.2) is 0 Å². The summed E-state index contributed by atoms with van der Waals surface area (Å²) in [6, 6.07) is 56.7. The van der Waals surface area contributed by atoms with E-state index in [2.05, 4.69) is 182 Å². The molecule has 0 saturated carbocycles. The Bertz CT molecular complexity index is 1860. The maximum Gasteiger partial charge on any atom is -0.00268 e. The van der Waals surface area contributed by atoms with Crippen molar-refractivity contribution < 1.29 is 0 Å². The van der Waals surface area contributed by atoms with Crippen molar-refractivity contribution in [3.8, 4) is 11.1 Å². The van der Waals surface area contributed by atoms with Gasteiger partial charge in [-0.2, -0.15) is 0 Å². The van der Waals surface area contributed by atoms with Crippen molar-refractivity contribution in [3.05, 3.63) is 202 Å². The predicted octanol–water partition coefficient (Wildman–Crippen LogP) is 11.0. The van der Waals surface area contributed by atoms with Crippen LogP contribution in [0.25, 0.3) is 46.6 Å². The highest BCUT2D eigenvalue weighted by atomic mass is 14.2. The molecule has 0 aliphatic heterocycles. The molecule has 6 aromatic rings. The van der Waals surface area contributed by atoms with Crippen molar-refractivity contribution in [3.63, 3.8) is 0 Å². The summed E-state index contributed by atoms with van der Waals surface area (Å²) in [4.78, 5) is 0. The number of rotatable bonds is 5. The molecule has 4 aliphatic carbocycles. The van der Waals surface area contributed by atoms with Crippen LogP contribution in [0.5, 0.6) is 0 Å². The predicted molar refractivity (Wildman–Crippen MR) is 181 cm³/mol. The zero-order chi connectivity index (χ0) is 28.1. The molecule has 0 atom stereocenters. The van der Waals surface area contributed by atoms with Crippen molar-refractivity contribution in [1.29, 1.82) is 0 Å². The average Bonchev–Trinajstić information content (AvgIpc) is 3.06. The number of hydrogen-bond acceptors (Lipinski definition) is 0. The Hall–Kier alpha value is -5.46. The molecule has 0 unspecified atom stereocenters. The van der Waals surface area contributed by atoms with E-state index >= 15 is 0 Å². The van der Waals surface area contributed by atoms with Crippen LogP contribution in [0.1, 0.15) is 44.5 Å². The molecule has 0 fully saturated rings. The standard InChI is InChI=1S/C42H30/c1-4-10-36(11-5-1)41(37-12-6-2-7-13-37)42(38-14-8-3-9-15-38)39-28-26-35(27-29-39)40-30-33-21-20-31-16-18-32(19-17-31)22-24-34(40)25-23-33/h1-30H/b21-20-,24-22-,31-20?,32-22?,33-21?,34-24?. The van der Waals surface area contributed by atoms with Crippen LogP contribution in [0.2, 0.25) is 0 Å². The van der Waals surface area contributed by atoms with E-state index in [0.717, 1.165) is 0 Å². The topological polar surface area (TPSA) is 0 Å². The van der Waals surface area contributed by atoms with Gasteiger partial charge >= 0.3 is 0 Å². The average molecular weight is 535 g/mol. The molecule has 6 aromatic carbocycles. The molecule has 0 aromatic heterocycles. The summed E-state index contributed by atoms with van der Waals surface area (Å²) in [7, 11) is 0. The minimum Gasteiger partial charge on any atom is -0.0622 e. The van der Waals surface area contributed by atoms with E-state index in [1.165, 1.54) is 66.8 Å². The first-order valence-electron chi connectivity index (χ1n) is 14.4. The molecule has 0 spiro atoms. The van der Waals surface area contributed by atoms with Crippen molar-refractivity contribution in [1.82, 2.24) is 0 Å². The van der Waals surface area contributed by atoms with Crippen LogP contribution in [0.3, 0.4) is 0 Å². The lowest BCUT2D eigenvalue weighted by Crippen LogP contribution is -1.97. The lowest BCUT2D eigenvalue weighted by molar-refractivity contribution is 1.49. The van der Waals surface area contributed by atoms with E-state index in [9.17, 15) is 0 Å². The SMILES string of the molecule is C1=C\c2ccc(c(-c3ccc(C(=C(c4ccccc4)c4ccccc4)c4ccccc4)cc3)c2)/C=C\c2ccc/1cc2. The Kier molecular flexibility index (Phi) is 7.02. The minimum atomic E-state index is 1.19. The van der Waals surface area contributed by atoms with Gasteiger partial charge in [-0.05, 0) is 72.8 Å². The van der Waals surface area contributed by atoms with E-state index in [1.54, 1.807) is 0 Å². The normalized spacial score (nSPS) is 13.1. The monoisotopic (exact) mass is 534 g/mol. The summed E-state index contributed by atoms with van der Waals surface area (Å²) in [6.45, 7) is 0.